The molecule has 0 radical (unpaired) electrons. The third-order valence-electron chi connectivity index (χ3n) is 6.87. The molecule has 9 heteroatoms. The average Bonchev–Trinajstić information content (AvgIpc) is 2.94. The number of benzene rings is 3. The second-order valence-electron chi connectivity index (χ2n) is 10.3. The first kappa shape index (κ1) is 31.7. The molecule has 0 aliphatic heterocycles. The van der Waals surface area contributed by atoms with Crippen molar-refractivity contribution < 1.29 is 22.7 Å². The Morgan fingerprint density at radius 3 is 2.15 bits per heavy atom. The number of hydrogen-bond acceptors (Lipinski definition) is 5. The van der Waals surface area contributed by atoms with Crippen molar-refractivity contribution in [3.05, 3.63) is 95.6 Å². The van der Waals surface area contributed by atoms with Gasteiger partial charge in [-0.2, -0.15) is 0 Å². The molecule has 2 amide bonds. The lowest BCUT2D eigenvalue weighted by Crippen LogP contribution is -2.53. The number of ether oxygens (including phenoxy) is 1. The minimum absolute atomic E-state index is 0.0531. The van der Waals surface area contributed by atoms with E-state index in [0.717, 1.165) is 33.7 Å². The number of rotatable bonds is 14. The second kappa shape index (κ2) is 14.7. The number of carbonyl (C=O) groups is 2. The van der Waals surface area contributed by atoms with Crippen molar-refractivity contribution in [2.45, 2.75) is 65.8 Å². The van der Waals surface area contributed by atoms with E-state index in [2.05, 4.69) is 5.32 Å². The summed E-state index contributed by atoms with van der Waals surface area (Å²) >= 11 is 0. The first-order valence-electron chi connectivity index (χ1n) is 13.9. The monoisotopic (exact) mass is 579 g/mol. The highest BCUT2D eigenvalue weighted by Gasteiger charge is 2.32. The highest BCUT2D eigenvalue weighted by Crippen LogP contribution is 2.23. The third kappa shape index (κ3) is 9.35. The number of nitrogens with zero attached hydrogens (tertiary/aromatic N) is 2. The maximum atomic E-state index is 13.9. The average molecular weight is 580 g/mol. The van der Waals surface area contributed by atoms with E-state index >= 15 is 0 Å². The third-order valence-corrected chi connectivity index (χ3v) is 8.02. The Balaban J connectivity index is 1.86. The maximum Gasteiger partial charge on any atom is 0.244 e. The molecule has 8 nitrogen and oxygen atoms in total. The molecule has 0 aromatic heterocycles. The molecule has 1 N–H and O–H groups in total. The maximum absolute atomic E-state index is 13.9. The highest BCUT2D eigenvalue weighted by atomic mass is 32.2. The minimum Gasteiger partial charge on any atom is -0.489 e. The molecule has 0 saturated heterocycles. The lowest BCUT2D eigenvalue weighted by atomic mass is 10.1. The van der Waals surface area contributed by atoms with Crippen LogP contribution in [0.1, 0.15) is 50.3 Å². The van der Waals surface area contributed by atoms with Crippen molar-refractivity contribution in [2.75, 3.05) is 17.1 Å². The van der Waals surface area contributed by atoms with Crippen molar-refractivity contribution in [2.24, 2.45) is 0 Å². The largest absolute Gasteiger partial charge is 0.489 e. The quantitative estimate of drug-likeness (QED) is 0.288. The summed E-state index contributed by atoms with van der Waals surface area (Å²) < 4.78 is 32.7. The molecule has 2 atom stereocenters. The molecule has 220 valence electrons. The van der Waals surface area contributed by atoms with Crippen LogP contribution in [0.3, 0.4) is 0 Å². The molecule has 3 aromatic carbocycles. The van der Waals surface area contributed by atoms with Crippen LogP contribution < -0.4 is 14.4 Å². The zero-order valence-electron chi connectivity index (χ0n) is 24.5. The van der Waals surface area contributed by atoms with Crippen LogP contribution in [0.4, 0.5) is 5.69 Å². The van der Waals surface area contributed by atoms with Crippen molar-refractivity contribution in [1.82, 2.24) is 10.2 Å². The van der Waals surface area contributed by atoms with Crippen molar-refractivity contribution in [3.63, 3.8) is 0 Å². The SMILES string of the molecule is CC[C@H](C(=O)N[C@@H](C)CC)N(Cc1cccc(C)c1)C(=O)CN(c1ccc(OCc2ccccc2)cc1)S(C)(=O)=O. The number of carbonyl (C=O) groups excluding carboxylic acids is 2. The van der Waals surface area contributed by atoms with Crippen LogP contribution in [0, 0.1) is 6.92 Å². The predicted molar refractivity (Wildman–Crippen MR) is 163 cm³/mol. The van der Waals surface area contributed by atoms with Gasteiger partial charge in [-0.15, -0.1) is 0 Å². The first-order valence-corrected chi connectivity index (χ1v) is 15.8. The Labute approximate surface area is 244 Å². The van der Waals surface area contributed by atoms with Gasteiger partial charge < -0.3 is 15.0 Å². The molecule has 41 heavy (non-hydrogen) atoms. The minimum atomic E-state index is -3.83. The van der Waals surface area contributed by atoms with E-state index in [1.165, 1.54) is 4.90 Å². The van der Waals surface area contributed by atoms with E-state index in [4.69, 9.17) is 4.74 Å². The lowest BCUT2D eigenvalue weighted by Gasteiger charge is -2.33. The van der Waals surface area contributed by atoms with Crippen LogP contribution in [-0.2, 0) is 32.8 Å². The Hall–Kier alpha value is -3.85. The number of aryl methyl sites for hydroxylation is 1. The second-order valence-corrected chi connectivity index (χ2v) is 12.2. The van der Waals surface area contributed by atoms with Crippen LogP contribution in [0.25, 0.3) is 0 Å². The van der Waals surface area contributed by atoms with Gasteiger partial charge in [-0.05, 0) is 62.1 Å². The molecule has 0 aliphatic rings. The summed E-state index contributed by atoms with van der Waals surface area (Å²) in [5, 5.41) is 2.98. The molecule has 0 fully saturated rings. The number of sulfonamides is 1. The summed E-state index contributed by atoms with van der Waals surface area (Å²) in [7, 11) is -3.83. The van der Waals surface area contributed by atoms with Gasteiger partial charge in [-0.25, -0.2) is 8.42 Å². The number of anilines is 1. The molecule has 0 bridgehead atoms. The topological polar surface area (TPSA) is 96.0 Å². The van der Waals surface area contributed by atoms with E-state index in [1.807, 2.05) is 82.3 Å². The smallest absolute Gasteiger partial charge is 0.244 e. The fourth-order valence-electron chi connectivity index (χ4n) is 4.43. The first-order chi connectivity index (χ1) is 19.5. The van der Waals surface area contributed by atoms with Crippen molar-refractivity contribution in [1.29, 1.82) is 0 Å². The van der Waals surface area contributed by atoms with Gasteiger partial charge in [0.25, 0.3) is 0 Å². The predicted octanol–water partition coefficient (Wildman–Crippen LogP) is 5.06. The summed E-state index contributed by atoms with van der Waals surface area (Å²) in [4.78, 5) is 28.6. The fourth-order valence-corrected chi connectivity index (χ4v) is 5.28. The van der Waals surface area contributed by atoms with E-state index < -0.39 is 28.5 Å². The van der Waals surface area contributed by atoms with Gasteiger partial charge in [-0.1, -0.05) is 74.0 Å². The highest BCUT2D eigenvalue weighted by molar-refractivity contribution is 7.92. The standard InChI is InChI=1S/C32H41N3O5S/c1-6-25(4)33-32(37)30(7-2)34(21-27-15-11-12-24(3)20-27)31(36)22-35(41(5,38)39)28-16-18-29(19-17-28)40-23-26-13-9-8-10-14-26/h8-20,25,30H,6-7,21-23H2,1-5H3,(H,33,37)/t25-,30+/m0/s1. The summed E-state index contributed by atoms with van der Waals surface area (Å²) in [5.41, 5.74) is 3.23. The van der Waals surface area contributed by atoms with Gasteiger partial charge in [0.2, 0.25) is 21.8 Å². The van der Waals surface area contributed by atoms with Gasteiger partial charge >= 0.3 is 0 Å². The molecule has 0 unspecified atom stereocenters. The molecule has 0 aliphatic carbocycles. The molecule has 3 rings (SSSR count). The summed E-state index contributed by atoms with van der Waals surface area (Å²) in [6.07, 6.45) is 2.20. The Morgan fingerprint density at radius 2 is 1.56 bits per heavy atom. The molecule has 0 heterocycles. The van der Waals surface area contributed by atoms with Gasteiger partial charge in [-0.3, -0.25) is 13.9 Å². The van der Waals surface area contributed by atoms with Crippen LogP contribution in [0.2, 0.25) is 0 Å². The molecule has 0 spiro atoms. The van der Waals surface area contributed by atoms with Gasteiger partial charge in [0.1, 0.15) is 24.9 Å². The number of hydrogen-bond donors (Lipinski definition) is 1. The molecule has 0 saturated carbocycles. The molecular weight excluding hydrogens is 538 g/mol. The molecular formula is C32H41N3O5S. The van der Waals surface area contributed by atoms with Gasteiger partial charge in [0.05, 0.1) is 11.9 Å². The summed E-state index contributed by atoms with van der Waals surface area (Å²) in [5.74, 6) is -0.146. The van der Waals surface area contributed by atoms with Gasteiger partial charge in [0.15, 0.2) is 0 Å². The number of nitrogens with one attached hydrogen (secondary N) is 1. The Bertz CT molecular complexity index is 1390. The summed E-state index contributed by atoms with van der Waals surface area (Å²) in [6, 6.07) is 23.2. The van der Waals surface area contributed by atoms with Crippen LogP contribution in [0.15, 0.2) is 78.9 Å². The van der Waals surface area contributed by atoms with E-state index in [9.17, 15) is 18.0 Å². The zero-order chi connectivity index (χ0) is 30.0. The van der Waals surface area contributed by atoms with Gasteiger partial charge in [0, 0.05) is 12.6 Å². The zero-order valence-corrected chi connectivity index (χ0v) is 25.4. The summed E-state index contributed by atoms with van der Waals surface area (Å²) in [6.45, 7) is 7.80. The van der Waals surface area contributed by atoms with Crippen LogP contribution in [0.5, 0.6) is 5.75 Å². The van der Waals surface area contributed by atoms with Crippen LogP contribution in [-0.4, -0.2) is 50.0 Å². The lowest BCUT2D eigenvalue weighted by molar-refractivity contribution is -0.140. The number of amides is 2. The van der Waals surface area contributed by atoms with Crippen molar-refractivity contribution >= 4 is 27.5 Å². The van der Waals surface area contributed by atoms with Crippen molar-refractivity contribution in [3.8, 4) is 5.75 Å². The van der Waals surface area contributed by atoms with E-state index in [-0.39, 0.29) is 18.5 Å². The Kier molecular flexibility index (Phi) is 11.3. The Morgan fingerprint density at radius 1 is 0.902 bits per heavy atom. The normalized spacial score (nSPS) is 12.7. The van der Waals surface area contributed by atoms with E-state index in [0.29, 0.717) is 24.5 Å². The van der Waals surface area contributed by atoms with Crippen LogP contribution >= 0.6 is 0 Å². The molecule has 3 aromatic rings. The van der Waals surface area contributed by atoms with E-state index in [1.54, 1.807) is 24.3 Å². The fraction of sp³-hybridized carbons (Fsp3) is 0.375.